The van der Waals surface area contributed by atoms with Crippen molar-refractivity contribution in [2.75, 3.05) is 5.32 Å². The van der Waals surface area contributed by atoms with E-state index in [1.807, 2.05) is 6.07 Å². The molecule has 0 unspecified atom stereocenters. The summed E-state index contributed by atoms with van der Waals surface area (Å²) < 4.78 is 4.92. The molecule has 2 N–H and O–H groups in total. The van der Waals surface area contributed by atoms with Gasteiger partial charge >= 0.3 is 0 Å². The van der Waals surface area contributed by atoms with Gasteiger partial charge in [-0.2, -0.15) is 0 Å². The van der Waals surface area contributed by atoms with E-state index in [-0.39, 0.29) is 6.61 Å². The zero-order valence-corrected chi connectivity index (χ0v) is 8.12. The normalized spacial score (nSPS) is 10.4. The fraction of sp³-hybridized carbons (Fsp3) is 0.250. The molecule has 0 aliphatic rings. The van der Waals surface area contributed by atoms with Gasteiger partial charge in [0.1, 0.15) is 5.01 Å². The minimum Gasteiger partial charge on any atom is -0.472 e. The summed E-state index contributed by atoms with van der Waals surface area (Å²) in [4.78, 5) is 0. The van der Waals surface area contributed by atoms with Gasteiger partial charge in [-0.25, -0.2) is 0 Å². The number of nitrogens with zero attached hydrogens (tertiary/aromatic N) is 2. The minimum atomic E-state index is -0.0644. The Morgan fingerprint density at radius 2 is 2.43 bits per heavy atom. The third kappa shape index (κ3) is 2.09. The number of aromatic nitrogens is 2. The van der Waals surface area contributed by atoms with Gasteiger partial charge in [0, 0.05) is 12.1 Å². The largest absolute Gasteiger partial charge is 0.472 e. The average molecular weight is 211 g/mol. The van der Waals surface area contributed by atoms with Crippen LogP contribution < -0.4 is 5.32 Å². The number of aliphatic hydroxyl groups is 1. The highest BCUT2D eigenvalue weighted by atomic mass is 32.1. The highest BCUT2D eigenvalue weighted by Gasteiger charge is 2.02. The first-order valence-corrected chi connectivity index (χ1v) is 4.88. The van der Waals surface area contributed by atoms with Crippen molar-refractivity contribution >= 4 is 16.5 Å². The first-order chi connectivity index (χ1) is 6.88. The van der Waals surface area contributed by atoms with Crippen LogP contribution in [0.1, 0.15) is 10.6 Å². The summed E-state index contributed by atoms with van der Waals surface area (Å²) in [6, 6.07) is 1.88. The molecule has 0 spiro atoms. The molecule has 0 radical (unpaired) electrons. The van der Waals surface area contributed by atoms with Crippen LogP contribution in [0.5, 0.6) is 0 Å². The van der Waals surface area contributed by atoms with E-state index >= 15 is 0 Å². The molecule has 0 saturated heterocycles. The molecule has 5 nitrogen and oxygen atoms in total. The van der Waals surface area contributed by atoms with Crippen LogP contribution in [-0.2, 0) is 13.2 Å². The zero-order chi connectivity index (χ0) is 9.80. The number of anilines is 1. The highest BCUT2D eigenvalue weighted by Crippen LogP contribution is 2.15. The molecule has 2 heterocycles. The molecule has 0 saturated carbocycles. The van der Waals surface area contributed by atoms with Gasteiger partial charge in [0.15, 0.2) is 0 Å². The second-order valence-electron chi connectivity index (χ2n) is 2.64. The van der Waals surface area contributed by atoms with Crippen molar-refractivity contribution in [2.24, 2.45) is 0 Å². The standard InChI is InChI=1S/C8H9N3O2S/c12-4-7-10-11-8(14-7)9-3-6-1-2-13-5-6/h1-2,5,12H,3-4H2,(H,9,11). The Morgan fingerprint density at radius 1 is 1.50 bits per heavy atom. The van der Waals surface area contributed by atoms with Crippen molar-refractivity contribution in [3.8, 4) is 0 Å². The molecule has 2 rings (SSSR count). The Hall–Kier alpha value is -1.40. The van der Waals surface area contributed by atoms with E-state index in [4.69, 9.17) is 9.52 Å². The maximum atomic E-state index is 8.77. The van der Waals surface area contributed by atoms with Gasteiger partial charge in [0.25, 0.3) is 0 Å². The predicted molar refractivity (Wildman–Crippen MR) is 51.9 cm³/mol. The molecule has 0 amide bonds. The van der Waals surface area contributed by atoms with Crippen LogP contribution in [-0.4, -0.2) is 15.3 Å². The number of nitrogens with one attached hydrogen (secondary N) is 1. The quantitative estimate of drug-likeness (QED) is 0.796. The molecule has 74 valence electrons. The van der Waals surface area contributed by atoms with Crippen LogP contribution in [0, 0.1) is 0 Å². The van der Waals surface area contributed by atoms with E-state index in [1.54, 1.807) is 12.5 Å². The van der Waals surface area contributed by atoms with Crippen molar-refractivity contribution in [1.29, 1.82) is 0 Å². The smallest absolute Gasteiger partial charge is 0.206 e. The average Bonchev–Trinajstić information content (AvgIpc) is 2.86. The Kier molecular flexibility index (Phi) is 2.76. The molecule has 2 aromatic rings. The Labute approximate surface area is 84.4 Å². The SMILES string of the molecule is OCc1nnc(NCc2ccoc2)s1. The maximum absolute atomic E-state index is 8.77. The molecule has 0 aromatic carbocycles. The van der Waals surface area contributed by atoms with Gasteiger partial charge in [-0.15, -0.1) is 10.2 Å². The van der Waals surface area contributed by atoms with Crippen molar-refractivity contribution in [3.05, 3.63) is 29.2 Å². The van der Waals surface area contributed by atoms with Gasteiger partial charge in [0.05, 0.1) is 19.1 Å². The van der Waals surface area contributed by atoms with E-state index < -0.39 is 0 Å². The highest BCUT2D eigenvalue weighted by molar-refractivity contribution is 7.15. The molecule has 0 bridgehead atoms. The van der Waals surface area contributed by atoms with Gasteiger partial charge in [-0.1, -0.05) is 11.3 Å². The third-order valence-corrected chi connectivity index (χ3v) is 2.49. The fourth-order valence-electron chi connectivity index (χ4n) is 0.960. The Balaban J connectivity index is 1.92. The van der Waals surface area contributed by atoms with Crippen molar-refractivity contribution in [2.45, 2.75) is 13.2 Å². The molecule has 14 heavy (non-hydrogen) atoms. The molecule has 2 aromatic heterocycles. The van der Waals surface area contributed by atoms with Gasteiger partial charge in [0.2, 0.25) is 5.13 Å². The second-order valence-corrected chi connectivity index (χ2v) is 3.71. The number of hydrogen-bond acceptors (Lipinski definition) is 6. The van der Waals surface area contributed by atoms with Crippen molar-refractivity contribution in [1.82, 2.24) is 10.2 Å². The van der Waals surface area contributed by atoms with Crippen molar-refractivity contribution in [3.63, 3.8) is 0 Å². The molecule has 0 atom stereocenters. The van der Waals surface area contributed by atoms with Crippen LogP contribution in [0.15, 0.2) is 23.0 Å². The lowest BCUT2D eigenvalue weighted by atomic mass is 10.3. The summed E-state index contributed by atoms with van der Waals surface area (Å²) in [6.07, 6.45) is 3.29. The summed E-state index contributed by atoms with van der Waals surface area (Å²) >= 11 is 1.34. The lowest BCUT2D eigenvalue weighted by Crippen LogP contribution is -1.96. The van der Waals surface area contributed by atoms with Crippen LogP contribution in [0.25, 0.3) is 0 Å². The first kappa shape index (κ1) is 9.17. The van der Waals surface area contributed by atoms with Gasteiger partial charge < -0.3 is 14.8 Å². The molecule has 0 fully saturated rings. The summed E-state index contributed by atoms with van der Waals surface area (Å²) in [7, 11) is 0. The van der Waals surface area contributed by atoms with E-state index in [1.165, 1.54) is 11.3 Å². The Bertz CT molecular complexity index is 385. The summed E-state index contributed by atoms with van der Waals surface area (Å²) in [5.41, 5.74) is 1.05. The van der Waals surface area contributed by atoms with Crippen LogP contribution >= 0.6 is 11.3 Å². The zero-order valence-electron chi connectivity index (χ0n) is 7.30. The third-order valence-electron chi connectivity index (χ3n) is 1.63. The molecular weight excluding hydrogens is 202 g/mol. The number of hydrogen-bond donors (Lipinski definition) is 2. The first-order valence-electron chi connectivity index (χ1n) is 4.06. The number of rotatable bonds is 4. The number of aliphatic hydroxyl groups excluding tert-OH is 1. The fourth-order valence-corrected chi connectivity index (χ4v) is 1.56. The molecule has 6 heteroatoms. The van der Waals surface area contributed by atoms with Crippen LogP contribution in [0.3, 0.4) is 0 Å². The monoisotopic (exact) mass is 211 g/mol. The van der Waals surface area contributed by atoms with Crippen molar-refractivity contribution < 1.29 is 9.52 Å². The van der Waals surface area contributed by atoms with E-state index in [0.717, 1.165) is 5.56 Å². The minimum absolute atomic E-state index is 0.0644. The van der Waals surface area contributed by atoms with E-state index in [2.05, 4.69) is 15.5 Å². The molecular formula is C8H9N3O2S. The predicted octanol–water partition coefficient (Wildman–Crippen LogP) is 1.24. The van der Waals surface area contributed by atoms with Gasteiger partial charge in [-0.05, 0) is 6.07 Å². The lowest BCUT2D eigenvalue weighted by molar-refractivity contribution is 0.280. The van der Waals surface area contributed by atoms with E-state index in [0.29, 0.717) is 16.7 Å². The van der Waals surface area contributed by atoms with Crippen LogP contribution in [0.2, 0.25) is 0 Å². The molecule has 0 aliphatic carbocycles. The topological polar surface area (TPSA) is 71.2 Å². The van der Waals surface area contributed by atoms with Crippen LogP contribution in [0.4, 0.5) is 5.13 Å². The second kappa shape index (κ2) is 4.21. The lowest BCUT2D eigenvalue weighted by Gasteiger charge is -1.96. The van der Waals surface area contributed by atoms with E-state index in [9.17, 15) is 0 Å². The summed E-state index contributed by atoms with van der Waals surface area (Å²) in [5, 5.41) is 20.8. The maximum Gasteiger partial charge on any atom is 0.206 e. The van der Waals surface area contributed by atoms with Gasteiger partial charge in [-0.3, -0.25) is 0 Å². The molecule has 0 aliphatic heterocycles. The Morgan fingerprint density at radius 3 is 3.07 bits per heavy atom. The summed E-state index contributed by atoms with van der Waals surface area (Å²) in [5.74, 6) is 0. The summed E-state index contributed by atoms with van der Waals surface area (Å²) in [6.45, 7) is 0.585. The number of furan rings is 1.